The number of para-hydroxylation sites is 1. The number of piperazine rings is 1. The lowest BCUT2D eigenvalue weighted by atomic mass is 9.97. The Morgan fingerprint density at radius 1 is 1.13 bits per heavy atom. The second kappa shape index (κ2) is 12.3. The van der Waals surface area contributed by atoms with Gasteiger partial charge in [-0.15, -0.1) is 24.0 Å². The molecule has 1 atom stereocenters. The van der Waals surface area contributed by atoms with E-state index in [1.54, 1.807) is 0 Å². The van der Waals surface area contributed by atoms with Crippen LogP contribution in [0, 0.1) is 5.92 Å². The molecule has 2 heterocycles. The third-order valence-electron chi connectivity index (χ3n) is 6.16. The number of ether oxygens (including phenoxy) is 1. The van der Waals surface area contributed by atoms with Crippen LogP contribution in [-0.4, -0.2) is 87.7 Å². The van der Waals surface area contributed by atoms with Crippen molar-refractivity contribution in [3.8, 4) is 0 Å². The van der Waals surface area contributed by atoms with Gasteiger partial charge < -0.3 is 19.9 Å². The molecule has 0 spiro atoms. The molecule has 0 aliphatic carbocycles. The lowest BCUT2D eigenvalue weighted by Gasteiger charge is -2.40. The summed E-state index contributed by atoms with van der Waals surface area (Å²) in [5, 5.41) is 3.54. The number of esters is 1. The molecule has 0 aromatic heterocycles. The molecule has 3 rings (SSSR count). The summed E-state index contributed by atoms with van der Waals surface area (Å²) >= 11 is 0. The molecule has 168 valence electrons. The summed E-state index contributed by atoms with van der Waals surface area (Å²) < 4.78 is 4.88. The van der Waals surface area contributed by atoms with E-state index in [1.165, 1.54) is 12.8 Å². The van der Waals surface area contributed by atoms with Crippen molar-refractivity contribution in [3.63, 3.8) is 0 Å². The van der Waals surface area contributed by atoms with Gasteiger partial charge >= 0.3 is 5.97 Å². The number of guanidine groups is 1. The number of likely N-dealkylation sites (tertiary alicyclic amines) is 1. The first-order valence-corrected chi connectivity index (χ1v) is 10.7. The Morgan fingerprint density at radius 2 is 1.77 bits per heavy atom. The number of piperidine rings is 1. The van der Waals surface area contributed by atoms with Crippen LogP contribution in [0.15, 0.2) is 35.3 Å². The maximum atomic E-state index is 11.7. The fourth-order valence-corrected chi connectivity index (χ4v) is 4.25. The van der Waals surface area contributed by atoms with Crippen LogP contribution in [0.4, 0.5) is 5.69 Å². The minimum absolute atomic E-state index is 0. The first-order chi connectivity index (χ1) is 14.1. The number of methoxy groups -OCH3 is 1. The number of halogens is 1. The summed E-state index contributed by atoms with van der Waals surface area (Å²) in [5.41, 5.74) is 1.31. The van der Waals surface area contributed by atoms with Crippen molar-refractivity contribution in [1.29, 1.82) is 0 Å². The predicted octanol–water partition coefficient (Wildman–Crippen LogP) is 2.28. The highest BCUT2D eigenvalue weighted by Crippen LogP contribution is 2.19. The van der Waals surface area contributed by atoms with Crippen molar-refractivity contribution >= 4 is 41.6 Å². The molecule has 2 aliphatic rings. The molecule has 1 N–H and O–H groups in total. The number of anilines is 1. The summed E-state index contributed by atoms with van der Waals surface area (Å²) in [5.74, 6) is 0.869. The van der Waals surface area contributed by atoms with Crippen molar-refractivity contribution < 1.29 is 9.53 Å². The molecule has 1 aromatic rings. The number of nitrogens with one attached hydrogen (secondary N) is 1. The molecule has 30 heavy (non-hydrogen) atoms. The van der Waals surface area contributed by atoms with Crippen molar-refractivity contribution in [2.24, 2.45) is 10.9 Å². The zero-order chi connectivity index (χ0) is 20.6. The van der Waals surface area contributed by atoms with Crippen molar-refractivity contribution in [1.82, 2.24) is 15.1 Å². The minimum Gasteiger partial charge on any atom is -0.469 e. The van der Waals surface area contributed by atoms with E-state index in [-0.39, 0.29) is 35.9 Å². The fourth-order valence-electron chi connectivity index (χ4n) is 4.25. The monoisotopic (exact) mass is 529 g/mol. The van der Waals surface area contributed by atoms with Crippen LogP contribution in [0.25, 0.3) is 0 Å². The quantitative estimate of drug-likeness (QED) is 0.274. The Bertz CT molecular complexity index is 671. The van der Waals surface area contributed by atoms with Crippen LogP contribution >= 0.6 is 24.0 Å². The van der Waals surface area contributed by atoms with E-state index >= 15 is 0 Å². The highest BCUT2D eigenvalue weighted by Gasteiger charge is 2.27. The first kappa shape index (κ1) is 24.7. The molecule has 2 fully saturated rings. The number of carbonyl (C=O) groups excluding carboxylic acids is 1. The van der Waals surface area contributed by atoms with Gasteiger partial charge in [-0.2, -0.15) is 0 Å². The normalized spacial score (nSPS) is 19.8. The molecule has 0 radical (unpaired) electrons. The Balaban J connectivity index is 0.00000320. The third-order valence-corrected chi connectivity index (χ3v) is 6.16. The molecule has 0 bridgehead atoms. The average molecular weight is 529 g/mol. The lowest BCUT2D eigenvalue weighted by Crippen LogP contribution is -2.54. The number of benzene rings is 1. The Hall–Kier alpha value is -1.55. The molecule has 0 saturated carbocycles. The minimum atomic E-state index is -0.0872. The summed E-state index contributed by atoms with van der Waals surface area (Å²) in [6.45, 7) is 9.08. The lowest BCUT2D eigenvalue weighted by molar-refractivity contribution is -0.146. The Kier molecular flexibility index (Phi) is 10.2. The summed E-state index contributed by atoms with van der Waals surface area (Å²) in [7, 11) is 3.30. The fraction of sp³-hybridized carbons (Fsp3) is 0.636. The van der Waals surface area contributed by atoms with E-state index in [1.807, 2.05) is 7.05 Å². The Morgan fingerprint density at radius 3 is 2.33 bits per heavy atom. The van der Waals surface area contributed by atoms with Crippen molar-refractivity contribution in [2.75, 3.05) is 64.9 Å². The van der Waals surface area contributed by atoms with Gasteiger partial charge in [-0.3, -0.25) is 14.7 Å². The summed E-state index contributed by atoms with van der Waals surface area (Å²) in [6.07, 6.45) is 1.65. The first-order valence-electron chi connectivity index (χ1n) is 10.7. The zero-order valence-corrected chi connectivity index (χ0v) is 20.7. The van der Waals surface area contributed by atoms with Gasteiger partial charge in [0.1, 0.15) is 0 Å². The van der Waals surface area contributed by atoms with E-state index in [9.17, 15) is 4.79 Å². The van der Waals surface area contributed by atoms with E-state index in [0.717, 1.165) is 64.6 Å². The molecule has 0 amide bonds. The number of rotatable bonds is 5. The number of aliphatic imine (C=N–C) groups is 1. The molecular weight excluding hydrogens is 493 g/mol. The van der Waals surface area contributed by atoms with Gasteiger partial charge in [0.2, 0.25) is 0 Å². The third kappa shape index (κ3) is 6.47. The molecule has 8 heteroatoms. The topological polar surface area (TPSA) is 60.4 Å². The predicted molar refractivity (Wildman–Crippen MR) is 133 cm³/mol. The van der Waals surface area contributed by atoms with Crippen LogP contribution in [0.5, 0.6) is 0 Å². The van der Waals surface area contributed by atoms with Crippen molar-refractivity contribution in [2.45, 2.75) is 25.8 Å². The SMILES string of the molecule is CN=C(NCC(C)N1CCN(c2ccccc2)CC1)N1CCC(C(=O)OC)CC1.I. The molecule has 2 saturated heterocycles. The van der Waals surface area contributed by atoms with Crippen molar-refractivity contribution in [3.05, 3.63) is 30.3 Å². The maximum absolute atomic E-state index is 11.7. The molecule has 1 unspecified atom stereocenters. The number of hydrogen-bond donors (Lipinski definition) is 1. The number of hydrogen-bond acceptors (Lipinski definition) is 5. The average Bonchev–Trinajstić information content (AvgIpc) is 2.80. The van der Waals surface area contributed by atoms with Crippen LogP contribution in [0.2, 0.25) is 0 Å². The second-order valence-electron chi connectivity index (χ2n) is 7.92. The van der Waals surface area contributed by atoms with E-state index in [4.69, 9.17) is 4.74 Å². The molecule has 2 aliphatic heterocycles. The second-order valence-corrected chi connectivity index (χ2v) is 7.92. The van der Waals surface area contributed by atoms with E-state index < -0.39 is 0 Å². The summed E-state index contributed by atoms with van der Waals surface area (Å²) in [6, 6.07) is 11.1. The summed E-state index contributed by atoms with van der Waals surface area (Å²) in [4.78, 5) is 23.4. The maximum Gasteiger partial charge on any atom is 0.308 e. The Labute approximate surface area is 197 Å². The highest BCUT2D eigenvalue weighted by molar-refractivity contribution is 14.0. The largest absolute Gasteiger partial charge is 0.469 e. The van der Waals surface area contributed by atoms with Crippen LogP contribution in [0.1, 0.15) is 19.8 Å². The smallest absolute Gasteiger partial charge is 0.308 e. The van der Waals surface area contributed by atoms with Gasteiger partial charge in [-0.1, -0.05) is 18.2 Å². The molecule has 1 aromatic carbocycles. The molecule has 7 nitrogen and oxygen atoms in total. The van der Waals surface area contributed by atoms with E-state index in [0.29, 0.717) is 6.04 Å². The molecular formula is C22H36IN5O2. The number of carbonyl (C=O) groups is 1. The van der Waals surface area contributed by atoms with Gasteiger partial charge in [-0.05, 0) is 31.9 Å². The standard InChI is InChI=1S/C22H35N5O2.HI/c1-18(25-13-15-26(16-14-25)20-7-5-4-6-8-20)17-24-22(23-2)27-11-9-19(10-12-27)21(28)29-3;/h4-8,18-19H,9-17H2,1-3H3,(H,23,24);1H. The van der Waals surface area contributed by atoms with Gasteiger partial charge in [0, 0.05) is 64.6 Å². The van der Waals surface area contributed by atoms with Gasteiger partial charge in [0.25, 0.3) is 0 Å². The highest BCUT2D eigenvalue weighted by atomic mass is 127. The van der Waals surface area contributed by atoms with Gasteiger partial charge in [0.05, 0.1) is 13.0 Å². The van der Waals surface area contributed by atoms with Gasteiger partial charge in [0.15, 0.2) is 5.96 Å². The number of nitrogens with zero attached hydrogens (tertiary/aromatic N) is 4. The van der Waals surface area contributed by atoms with Crippen LogP contribution in [0.3, 0.4) is 0 Å². The van der Waals surface area contributed by atoms with Gasteiger partial charge in [-0.25, -0.2) is 0 Å². The van der Waals surface area contributed by atoms with Crippen LogP contribution in [-0.2, 0) is 9.53 Å². The van der Waals surface area contributed by atoms with E-state index in [2.05, 4.69) is 62.3 Å². The zero-order valence-electron chi connectivity index (χ0n) is 18.4. The van der Waals surface area contributed by atoms with Crippen LogP contribution < -0.4 is 10.2 Å².